The van der Waals surface area contributed by atoms with Crippen molar-refractivity contribution >= 4 is 5.69 Å². The molecule has 100 valence electrons. The summed E-state index contributed by atoms with van der Waals surface area (Å²) in [5, 5.41) is 0. The minimum Gasteiger partial charge on any atom is -0.371 e. The molecule has 1 aliphatic rings. The van der Waals surface area contributed by atoms with E-state index >= 15 is 0 Å². The molecule has 0 spiro atoms. The van der Waals surface area contributed by atoms with Gasteiger partial charge in [-0.3, -0.25) is 4.98 Å². The molecule has 0 radical (unpaired) electrons. The normalized spacial score (nSPS) is 21.1. The third kappa shape index (κ3) is 2.93. The average Bonchev–Trinajstić information content (AvgIpc) is 2.38. The maximum atomic E-state index is 12.7. The van der Waals surface area contributed by atoms with Gasteiger partial charge in [-0.25, -0.2) is 0 Å². The molecule has 18 heavy (non-hydrogen) atoms. The maximum Gasteiger partial charge on any atom is 0.393 e. The van der Waals surface area contributed by atoms with Gasteiger partial charge in [0, 0.05) is 31.5 Å². The van der Waals surface area contributed by atoms with Gasteiger partial charge in [-0.1, -0.05) is 0 Å². The fraction of sp³-hybridized carbons (Fsp3) is 0.583. The molecule has 0 aliphatic carbocycles. The zero-order valence-electron chi connectivity index (χ0n) is 9.95. The molecule has 1 saturated heterocycles. The van der Waals surface area contributed by atoms with Gasteiger partial charge >= 0.3 is 6.18 Å². The van der Waals surface area contributed by atoms with E-state index in [2.05, 4.69) is 4.98 Å². The molecule has 2 heterocycles. The van der Waals surface area contributed by atoms with Crippen LogP contribution in [0.1, 0.15) is 18.5 Å². The van der Waals surface area contributed by atoms with E-state index in [4.69, 9.17) is 5.73 Å². The Bertz CT molecular complexity index is 406. The van der Waals surface area contributed by atoms with E-state index < -0.39 is 12.1 Å². The van der Waals surface area contributed by atoms with Crippen LogP contribution in [0.25, 0.3) is 0 Å². The van der Waals surface area contributed by atoms with Crippen LogP contribution < -0.4 is 10.6 Å². The summed E-state index contributed by atoms with van der Waals surface area (Å²) in [6.45, 7) is 0.975. The van der Waals surface area contributed by atoms with Crippen molar-refractivity contribution in [2.75, 3.05) is 18.0 Å². The van der Waals surface area contributed by atoms with Gasteiger partial charge < -0.3 is 10.6 Å². The molecule has 1 fully saturated rings. The number of piperidine rings is 1. The summed E-state index contributed by atoms with van der Waals surface area (Å²) in [5.74, 6) is -1.24. The summed E-state index contributed by atoms with van der Waals surface area (Å²) >= 11 is 0. The number of anilines is 1. The highest BCUT2D eigenvalue weighted by molar-refractivity contribution is 5.47. The summed E-state index contributed by atoms with van der Waals surface area (Å²) in [4.78, 5) is 5.81. The van der Waals surface area contributed by atoms with Gasteiger partial charge in [0.1, 0.15) is 0 Å². The quantitative estimate of drug-likeness (QED) is 0.886. The Morgan fingerprint density at radius 2 is 2.22 bits per heavy atom. The van der Waals surface area contributed by atoms with Crippen LogP contribution in [0.2, 0.25) is 0 Å². The first-order valence-corrected chi connectivity index (χ1v) is 5.97. The Hall–Kier alpha value is -1.30. The van der Waals surface area contributed by atoms with Gasteiger partial charge in [0.15, 0.2) is 0 Å². The summed E-state index contributed by atoms with van der Waals surface area (Å²) in [5.41, 5.74) is 6.96. The number of rotatable bonds is 2. The first kappa shape index (κ1) is 13.1. The van der Waals surface area contributed by atoms with Crippen LogP contribution in [0, 0.1) is 5.92 Å². The Morgan fingerprint density at radius 3 is 2.89 bits per heavy atom. The molecule has 0 saturated carbocycles. The number of aromatic nitrogens is 1. The van der Waals surface area contributed by atoms with Crippen LogP contribution in [0.5, 0.6) is 0 Å². The molecule has 0 aromatic carbocycles. The lowest BCUT2D eigenvalue weighted by molar-refractivity contribution is -0.175. The molecule has 1 atom stereocenters. The van der Waals surface area contributed by atoms with Crippen molar-refractivity contribution in [1.29, 1.82) is 0 Å². The lowest BCUT2D eigenvalue weighted by Gasteiger charge is -2.35. The summed E-state index contributed by atoms with van der Waals surface area (Å²) in [6, 6.07) is 3.50. The van der Waals surface area contributed by atoms with E-state index in [0.29, 0.717) is 25.2 Å². The molecule has 2 rings (SSSR count). The van der Waals surface area contributed by atoms with Crippen LogP contribution in [0.4, 0.5) is 18.9 Å². The lowest BCUT2D eigenvalue weighted by Crippen LogP contribution is -2.41. The molecular weight excluding hydrogens is 243 g/mol. The fourth-order valence-corrected chi connectivity index (χ4v) is 2.25. The topological polar surface area (TPSA) is 42.1 Å². The Morgan fingerprint density at radius 1 is 1.44 bits per heavy atom. The van der Waals surface area contributed by atoms with Gasteiger partial charge in [-0.15, -0.1) is 0 Å². The van der Waals surface area contributed by atoms with Crippen LogP contribution >= 0.6 is 0 Å². The Balaban J connectivity index is 2.13. The van der Waals surface area contributed by atoms with E-state index in [9.17, 15) is 13.2 Å². The number of hydrogen-bond donors (Lipinski definition) is 1. The van der Waals surface area contributed by atoms with E-state index in [0.717, 1.165) is 5.69 Å². The highest BCUT2D eigenvalue weighted by atomic mass is 19.4. The molecule has 1 aliphatic heterocycles. The Kier molecular flexibility index (Phi) is 3.75. The number of halogens is 3. The molecule has 1 aromatic rings. The van der Waals surface area contributed by atoms with Gasteiger partial charge in [-0.05, 0) is 25.0 Å². The number of alkyl halides is 3. The van der Waals surface area contributed by atoms with Crippen molar-refractivity contribution in [2.24, 2.45) is 11.7 Å². The van der Waals surface area contributed by atoms with Gasteiger partial charge in [-0.2, -0.15) is 13.2 Å². The number of hydrogen-bond acceptors (Lipinski definition) is 3. The van der Waals surface area contributed by atoms with E-state index in [1.807, 2.05) is 0 Å². The maximum absolute atomic E-state index is 12.7. The van der Waals surface area contributed by atoms with Crippen LogP contribution in [-0.4, -0.2) is 24.2 Å². The second kappa shape index (κ2) is 5.14. The van der Waals surface area contributed by atoms with Crippen LogP contribution in [-0.2, 0) is 6.54 Å². The SMILES string of the molecule is NCc1cc(N2CCCC(C(F)(F)F)C2)ccn1. The van der Waals surface area contributed by atoms with Crippen LogP contribution in [0.3, 0.4) is 0 Å². The van der Waals surface area contributed by atoms with Crippen molar-refractivity contribution < 1.29 is 13.2 Å². The van der Waals surface area contributed by atoms with Crippen LogP contribution in [0.15, 0.2) is 18.3 Å². The van der Waals surface area contributed by atoms with E-state index in [-0.39, 0.29) is 13.0 Å². The van der Waals surface area contributed by atoms with E-state index in [1.54, 1.807) is 23.2 Å². The molecule has 1 unspecified atom stereocenters. The smallest absolute Gasteiger partial charge is 0.371 e. The minimum atomic E-state index is -4.11. The van der Waals surface area contributed by atoms with Crippen molar-refractivity contribution in [2.45, 2.75) is 25.6 Å². The first-order valence-electron chi connectivity index (χ1n) is 5.97. The predicted octanol–water partition coefficient (Wildman–Crippen LogP) is 2.32. The monoisotopic (exact) mass is 259 g/mol. The highest BCUT2D eigenvalue weighted by Gasteiger charge is 2.41. The van der Waals surface area contributed by atoms with Crippen molar-refractivity contribution in [3.05, 3.63) is 24.0 Å². The molecule has 1 aromatic heterocycles. The lowest BCUT2D eigenvalue weighted by atomic mass is 9.97. The van der Waals surface area contributed by atoms with Gasteiger partial charge in [0.25, 0.3) is 0 Å². The summed E-state index contributed by atoms with van der Waals surface area (Å²) in [7, 11) is 0. The highest BCUT2D eigenvalue weighted by Crippen LogP contribution is 2.34. The second-order valence-corrected chi connectivity index (χ2v) is 4.54. The Labute approximate surface area is 104 Å². The molecule has 6 heteroatoms. The molecule has 0 amide bonds. The molecular formula is C12H16F3N3. The second-order valence-electron chi connectivity index (χ2n) is 4.54. The number of nitrogens with two attached hydrogens (primary N) is 1. The number of pyridine rings is 1. The van der Waals surface area contributed by atoms with Gasteiger partial charge in [0.05, 0.1) is 11.6 Å². The molecule has 3 nitrogen and oxygen atoms in total. The predicted molar refractivity (Wildman–Crippen MR) is 63.1 cm³/mol. The summed E-state index contributed by atoms with van der Waals surface area (Å²) in [6.07, 6.45) is -1.74. The minimum absolute atomic E-state index is 0.0253. The van der Waals surface area contributed by atoms with Gasteiger partial charge in [0.2, 0.25) is 0 Å². The standard InChI is InChI=1S/C12H16F3N3/c13-12(14,15)9-2-1-5-18(8-9)11-3-4-17-10(6-11)7-16/h3-4,6,9H,1-2,5,7-8,16H2. The van der Waals surface area contributed by atoms with Crippen molar-refractivity contribution in [3.63, 3.8) is 0 Å². The zero-order chi connectivity index (χ0) is 13.2. The first-order chi connectivity index (χ1) is 8.50. The average molecular weight is 259 g/mol. The van der Waals surface area contributed by atoms with Crippen molar-refractivity contribution in [3.8, 4) is 0 Å². The zero-order valence-corrected chi connectivity index (χ0v) is 9.95. The third-order valence-corrected chi connectivity index (χ3v) is 3.26. The molecule has 0 bridgehead atoms. The largest absolute Gasteiger partial charge is 0.393 e. The van der Waals surface area contributed by atoms with E-state index in [1.165, 1.54) is 0 Å². The molecule has 2 N–H and O–H groups in total. The number of nitrogens with zero attached hydrogens (tertiary/aromatic N) is 2. The van der Waals surface area contributed by atoms with Crippen molar-refractivity contribution in [1.82, 2.24) is 4.98 Å². The summed E-state index contributed by atoms with van der Waals surface area (Å²) < 4.78 is 38.2. The fourth-order valence-electron chi connectivity index (χ4n) is 2.25. The third-order valence-electron chi connectivity index (χ3n) is 3.26.